The van der Waals surface area contributed by atoms with Gasteiger partial charge in [0.1, 0.15) is 5.75 Å². The van der Waals surface area contributed by atoms with E-state index in [1.54, 1.807) is 31.3 Å². The summed E-state index contributed by atoms with van der Waals surface area (Å²) in [5, 5.41) is 8.79. The van der Waals surface area contributed by atoms with Gasteiger partial charge >= 0.3 is 6.18 Å². The number of halogens is 4. The number of nitrogens with one attached hydrogen (secondary N) is 3. The first-order valence-corrected chi connectivity index (χ1v) is 8.42. The minimum absolute atomic E-state index is 0. The molecule has 7 nitrogen and oxygen atoms in total. The summed E-state index contributed by atoms with van der Waals surface area (Å²) in [7, 11) is 1.60. The Morgan fingerprint density at radius 2 is 1.79 bits per heavy atom. The van der Waals surface area contributed by atoms with Crippen molar-refractivity contribution in [1.29, 1.82) is 0 Å². The number of amides is 1. The van der Waals surface area contributed by atoms with Crippen LogP contribution in [0, 0.1) is 0 Å². The number of aliphatic imine (C=N–C) groups is 1. The highest BCUT2D eigenvalue weighted by Crippen LogP contribution is 2.18. The maximum Gasteiger partial charge on any atom is 0.422 e. The lowest BCUT2D eigenvalue weighted by Crippen LogP contribution is -2.41. The Morgan fingerprint density at radius 1 is 1.10 bits per heavy atom. The van der Waals surface area contributed by atoms with Gasteiger partial charge in [-0.2, -0.15) is 13.2 Å². The zero-order chi connectivity index (χ0) is 20.4. The third-order valence-corrected chi connectivity index (χ3v) is 3.46. The second kappa shape index (κ2) is 12.2. The van der Waals surface area contributed by atoms with E-state index in [4.69, 9.17) is 4.42 Å². The van der Waals surface area contributed by atoms with Crippen molar-refractivity contribution in [3.63, 3.8) is 0 Å². The zero-order valence-electron chi connectivity index (χ0n) is 15.6. The predicted molar refractivity (Wildman–Crippen MR) is 113 cm³/mol. The van der Waals surface area contributed by atoms with Crippen LogP contribution in [0.5, 0.6) is 5.75 Å². The van der Waals surface area contributed by atoms with Crippen LogP contribution in [0.4, 0.5) is 13.2 Å². The fraction of sp³-hybridized carbons (Fsp3) is 0.333. The lowest BCUT2D eigenvalue weighted by atomic mass is 10.2. The number of carbonyl (C=O) groups is 1. The van der Waals surface area contributed by atoms with Crippen LogP contribution in [0.25, 0.3) is 0 Å². The molecule has 1 heterocycles. The van der Waals surface area contributed by atoms with Crippen molar-refractivity contribution in [3.8, 4) is 5.75 Å². The van der Waals surface area contributed by atoms with Crippen molar-refractivity contribution in [3.05, 3.63) is 54.0 Å². The molecule has 2 rings (SSSR count). The minimum Gasteiger partial charge on any atom is -0.484 e. The average molecular weight is 526 g/mol. The number of carbonyl (C=O) groups excluding carboxylic acids is 1. The summed E-state index contributed by atoms with van der Waals surface area (Å²) < 4.78 is 46.0. The Hall–Kier alpha value is -2.44. The third kappa shape index (κ3) is 9.54. The number of furan rings is 1. The van der Waals surface area contributed by atoms with E-state index in [9.17, 15) is 18.0 Å². The van der Waals surface area contributed by atoms with Crippen LogP contribution in [-0.4, -0.2) is 44.8 Å². The van der Waals surface area contributed by atoms with Crippen molar-refractivity contribution in [2.24, 2.45) is 4.99 Å². The molecule has 0 spiro atoms. The Kier molecular flexibility index (Phi) is 10.3. The fourth-order valence-corrected chi connectivity index (χ4v) is 2.13. The molecule has 160 valence electrons. The van der Waals surface area contributed by atoms with Crippen LogP contribution in [0.1, 0.15) is 16.1 Å². The summed E-state index contributed by atoms with van der Waals surface area (Å²) in [6.45, 7) is -0.0998. The molecule has 1 aromatic heterocycles. The quantitative estimate of drug-likeness (QED) is 0.213. The predicted octanol–water partition coefficient (Wildman–Crippen LogP) is 2.93. The summed E-state index contributed by atoms with van der Waals surface area (Å²) in [6, 6.07) is 9.48. The summed E-state index contributed by atoms with van der Waals surface area (Å²) in [4.78, 5) is 15.8. The molecule has 0 aliphatic rings. The van der Waals surface area contributed by atoms with Crippen molar-refractivity contribution < 1.29 is 27.1 Å². The van der Waals surface area contributed by atoms with Crippen LogP contribution < -0.4 is 20.7 Å². The maximum atomic E-state index is 12.1. The Morgan fingerprint density at radius 3 is 2.38 bits per heavy atom. The number of guanidine groups is 1. The average Bonchev–Trinajstić information content (AvgIpc) is 3.21. The van der Waals surface area contributed by atoms with E-state index < -0.39 is 12.8 Å². The molecule has 0 saturated carbocycles. The highest BCUT2D eigenvalue weighted by atomic mass is 127. The van der Waals surface area contributed by atoms with E-state index in [2.05, 4.69) is 25.7 Å². The van der Waals surface area contributed by atoms with Gasteiger partial charge in [-0.05, 0) is 29.8 Å². The van der Waals surface area contributed by atoms with Gasteiger partial charge in [0.15, 0.2) is 18.3 Å². The van der Waals surface area contributed by atoms with Gasteiger partial charge in [0, 0.05) is 26.7 Å². The van der Waals surface area contributed by atoms with Gasteiger partial charge in [0.25, 0.3) is 5.91 Å². The summed E-state index contributed by atoms with van der Waals surface area (Å²) in [5.74, 6) is 0.605. The minimum atomic E-state index is -4.37. The SMILES string of the molecule is CN=C(NCCNC(=O)c1ccco1)NCc1ccc(OCC(F)(F)F)cc1.I. The van der Waals surface area contributed by atoms with Crippen molar-refractivity contribution in [1.82, 2.24) is 16.0 Å². The van der Waals surface area contributed by atoms with Gasteiger partial charge in [-0.25, -0.2) is 0 Å². The fourth-order valence-electron chi connectivity index (χ4n) is 2.13. The number of hydrogen-bond acceptors (Lipinski definition) is 4. The lowest BCUT2D eigenvalue weighted by Gasteiger charge is -2.13. The summed E-state index contributed by atoms with van der Waals surface area (Å²) in [5.41, 5.74) is 0.841. The van der Waals surface area contributed by atoms with E-state index in [0.29, 0.717) is 25.6 Å². The van der Waals surface area contributed by atoms with Crippen LogP contribution in [0.2, 0.25) is 0 Å². The molecular weight excluding hydrogens is 504 g/mol. The van der Waals surface area contributed by atoms with E-state index in [-0.39, 0.29) is 41.4 Å². The summed E-state index contributed by atoms with van der Waals surface area (Å²) in [6.07, 6.45) is -2.94. The molecule has 11 heteroatoms. The number of ether oxygens (including phenoxy) is 1. The van der Waals surface area contributed by atoms with Crippen LogP contribution in [-0.2, 0) is 6.54 Å². The molecule has 1 aromatic carbocycles. The van der Waals surface area contributed by atoms with Crippen LogP contribution in [0.3, 0.4) is 0 Å². The molecule has 1 amide bonds. The van der Waals surface area contributed by atoms with Gasteiger partial charge in [-0.1, -0.05) is 12.1 Å². The topological polar surface area (TPSA) is 87.9 Å². The number of benzene rings is 1. The second-order valence-electron chi connectivity index (χ2n) is 5.63. The molecule has 29 heavy (non-hydrogen) atoms. The maximum absolute atomic E-state index is 12.1. The molecule has 0 atom stereocenters. The summed E-state index contributed by atoms with van der Waals surface area (Å²) >= 11 is 0. The molecule has 3 N–H and O–H groups in total. The number of alkyl halides is 3. The highest BCUT2D eigenvalue weighted by Gasteiger charge is 2.28. The van der Waals surface area contributed by atoms with Crippen molar-refractivity contribution in [2.45, 2.75) is 12.7 Å². The molecule has 0 fully saturated rings. The van der Waals surface area contributed by atoms with E-state index >= 15 is 0 Å². The number of hydrogen-bond donors (Lipinski definition) is 3. The van der Waals surface area contributed by atoms with E-state index in [1.807, 2.05) is 0 Å². The number of rotatable bonds is 8. The lowest BCUT2D eigenvalue weighted by molar-refractivity contribution is -0.153. The highest BCUT2D eigenvalue weighted by molar-refractivity contribution is 14.0. The normalized spacial score (nSPS) is 11.4. The molecule has 0 radical (unpaired) electrons. The Balaban J connectivity index is 0.00000420. The number of nitrogens with zero attached hydrogens (tertiary/aromatic N) is 1. The Bertz CT molecular complexity index is 766. The standard InChI is InChI=1S/C18H21F3N4O3.HI/c1-22-17(24-9-8-23-16(26)15-3-2-10-27-15)25-11-13-4-6-14(7-5-13)28-12-18(19,20)21;/h2-7,10H,8-9,11-12H2,1H3,(H,23,26)(H2,22,24,25);1H. The second-order valence-corrected chi connectivity index (χ2v) is 5.63. The molecule has 0 bridgehead atoms. The Labute approximate surface area is 183 Å². The van der Waals surface area contributed by atoms with Crippen LogP contribution in [0.15, 0.2) is 52.1 Å². The van der Waals surface area contributed by atoms with Crippen molar-refractivity contribution >= 4 is 35.8 Å². The van der Waals surface area contributed by atoms with Gasteiger partial charge in [-0.15, -0.1) is 24.0 Å². The third-order valence-electron chi connectivity index (χ3n) is 3.46. The molecule has 0 unspecified atom stereocenters. The van der Waals surface area contributed by atoms with Gasteiger partial charge in [-0.3, -0.25) is 9.79 Å². The molecule has 0 saturated heterocycles. The van der Waals surface area contributed by atoms with E-state index in [0.717, 1.165) is 5.56 Å². The van der Waals surface area contributed by atoms with Gasteiger partial charge in [0.2, 0.25) is 0 Å². The van der Waals surface area contributed by atoms with Gasteiger partial charge in [0.05, 0.1) is 6.26 Å². The smallest absolute Gasteiger partial charge is 0.422 e. The zero-order valence-corrected chi connectivity index (χ0v) is 17.9. The van der Waals surface area contributed by atoms with Crippen LogP contribution >= 0.6 is 24.0 Å². The first kappa shape index (κ1) is 24.6. The first-order valence-electron chi connectivity index (χ1n) is 8.42. The molecular formula is C18H22F3IN4O3. The van der Waals surface area contributed by atoms with Gasteiger partial charge < -0.3 is 25.1 Å². The van der Waals surface area contributed by atoms with E-state index in [1.165, 1.54) is 18.4 Å². The molecule has 2 aromatic rings. The molecule has 0 aliphatic heterocycles. The van der Waals surface area contributed by atoms with Crippen molar-refractivity contribution in [2.75, 3.05) is 26.7 Å². The largest absolute Gasteiger partial charge is 0.484 e. The monoisotopic (exact) mass is 526 g/mol. The first-order chi connectivity index (χ1) is 13.4. The molecule has 0 aliphatic carbocycles.